The van der Waals surface area contributed by atoms with E-state index in [0.29, 0.717) is 4.47 Å². The van der Waals surface area contributed by atoms with Crippen LogP contribution in [0, 0.1) is 10.1 Å². The normalized spacial score (nSPS) is 13.0. The molecule has 1 N–H and O–H groups in total. The maximum atomic E-state index is 11.8. The highest BCUT2D eigenvalue weighted by Crippen LogP contribution is 2.37. The van der Waals surface area contributed by atoms with Gasteiger partial charge in [0, 0.05) is 16.1 Å². The molecule has 0 bridgehead atoms. The first-order valence-electron chi connectivity index (χ1n) is 5.61. The summed E-state index contributed by atoms with van der Waals surface area (Å²) in [7, 11) is 0. The van der Waals surface area contributed by atoms with E-state index in [9.17, 15) is 28.4 Å². The first-order valence-corrected chi connectivity index (χ1v) is 6.40. The largest absolute Gasteiger partial charge is 0.522 e. The molecule has 0 aliphatic rings. The van der Waals surface area contributed by atoms with Crippen molar-refractivity contribution >= 4 is 21.6 Å². The number of hydrogen-bond donors (Lipinski definition) is 1. The van der Waals surface area contributed by atoms with Crippen LogP contribution in [0.1, 0.15) is 18.6 Å². The fourth-order valence-corrected chi connectivity index (χ4v) is 1.97. The lowest BCUT2D eigenvalue weighted by atomic mass is 10.1. The molecule has 1 aromatic carbocycles. The molecule has 0 saturated carbocycles. The molecule has 118 valence electrons. The summed E-state index contributed by atoms with van der Waals surface area (Å²) in [6, 6.07) is 2.52. The summed E-state index contributed by atoms with van der Waals surface area (Å²) < 4.78 is 44.3. The van der Waals surface area contributed by atoms with Gasteiger partial charge >= 0.3 is 12.0 Å². The second-order valence-corrected chi connectivity index (χ2v) is 4.83. The predicted molar refractivity (Wildman–Crippen MR) is 68.9 cm³/mol. The molecule has 0 unspecified atom stereocenters. The third kappa shape index (κ3) is 5.48. The number of benzene rings is 1. The molecule has 0 radical (unpaired) electrons. The number of ether oxygens (including phenoxy) is 2. The average molecular weight is 374 g/mol. The number of aliphatic hydroxyl groups excluding tert-OH is 1. The molecule has 0 aromatic heterocycles. The summed E-state index contributed by atoms with van der Waals surface area (Å²) in [5.74, 6) is -0.288. The molecule has 0 aliphatic heterocycles. The Kier molecular flexibility index (Phi) is 5.93. The Morgan fingerprint density at radius 3 is 2.52 bits per heavy atom. The summed E-state index contributed by atoms with van der Waals surface area (Å²) >= 11 is 3.05. The summed E-state index contributed by atoms with van der Waals surface area (Å²) in [5.41, 5.74) is -0.379. The molecule has 1 rings (SSSR count). The van der Waals surface area contributed by atoms with Crippen molar-refractivity contribution in [3.8, 4) is 5.75 Å². The van der Waals surface area contributed by atoms with Crippen molar-refractivity contribution in [2.24, 2.45) is 0 Å². The number of nitro benzene ring substituents is 1. The van der Waals surface area contributed by atoms with E-state index in [1.807, 2.05) is 0 Å². The van der Waals surface area contributed by atoms with Crippen LogP contribution in [0.2, 0.25) is 0 Å². The van der Waals surface area contributed by atoms with Crippen LogP contribution in [0.15, 0.2) is 16.6 Å². The van der Waals surface area contributed by atoms with Crippen LogP contribution in [0.5, 0.6) is 5.75 Å². The Balaban J connectivity index is 2.95. The second kappa shape index (κ2) is 7.05. The minimum Gasteiger partial charge on any atom is -0.484 e. The van der Waals surface area contributed by atoms with Gasteiger partial charge in [0.25, 0.3) is 0 Å². The van der Waals surface area contributed by atoms with E-state index in [1.54, 1.807) is 0 Å². The molecule has 6 nitrogen and oxygen atoms in total. The highest BCUT2D eigenvalue weighted by Gasteiger charge is 2.29. The SMILES string of the molecule is C[C@@H](O)c1cc(Br)cc([N+](=O)[O-])c1OCCOC(F)(F)F. The molecule has 0 fully saturated rings. The van der Waals surface area contributed by atoms with Gasteiger partial charge in [-0.1, -0.05) is 15.9 Å². The zero-order valence-electron chi connectivity index (χ0n) is 10.7. The van der Waals surface area contributed by atoms with Crippen LogP contribution < -0.4 is 4.74 Å². The zero-order chi connectivity index (χ0) is 16.2. The van der Waals surface area contributed by atoms with Gasteiger partial charge in [0.2, 0.25) is 5.75 Å². The van der Waals surface area contributed by atoms with Gasteiger partial charge in [-0.2, -0.15) is 0 Å². The molecule has 0 amide bonds. The summed E-state index contributed by atoms with van der Waals surface area (Å²) in [6.45, 7) is -0.0256. The summed E-state index contributed by atoms with van der Waals surface area (Å²) in [4.78, 5) is 10.2. The Bertz CT molecular complexity index is 521. The lowest BCUT2D eigenvalue weighted by molar-refractivity contribution is -0.386. The minimum atomic E-state index is -4.80. The van der Waals surface area contributed by atoms with Crippen molar-refractivity contribution in [2.45, 2.75) is 19.4 Å². The third-order valence-corrected chi connectivity index (χ3v) is 2.76. The van der Waals surface area contributed by atoms with Gasteiger partial charge in [-0.25, -0.2) is 0 Å². The molecule has 10 heteroatoms. The fraction of sp³-hybridized carbons (Fsp3) is 0.455. The first-order chi connectivity index (χ1) is 9.61. The average Bonchev–Trinajstić information content (AvgIpc) is 2.33. The first kappa shape index (κ1) is 17.7. The minimum absolute atomic E-state index is 0.0862. The van der Waals surface area contributed by atoms with Crippen LogP contribution in [0.4, 0.5) is 18.9 Å². The molecular formula is C11H11BrF3NO5. The van der Waals surface area contributed by atoms with E-state index in [0.717, 1.165) is 6.07 Å². The van der Waals surface area contributed by atoms with Crippen molar-refractivity contribution in [3.63, 3.8) is 0 Å². The molecular weight excluding hydrogens is 363 g/mol. The second-order valence-electron chi connectivity index (χ2n) is 3.92. The van der Waals surface area contributed by atoms with Crippen molar-refractivity contribution in [1.29, 1.82) is 0 Å². The van der Waals surface area contributed by atoms with Crippen molar-refractivity contribution in [3.05, 3.63) is 32.3 Å². The maximum Gasteiger partial charge on any atom is 0.522 e. The van der Waals surface area contributed by atoms with Gasteiger partial charge in [0.1, 0.15) is 6.61 Å². The third-order valence-electron chi connectivity index (χ3n) is 2.31. The molecule has 0 aliphatic carbocycles. The van der Waals surface area contributed by atoms with E-state index >= 15 is 0 Å². The van der Waals surface area contributed by atoms with E-state index < -0.39 is 36.3 Å². The lowest BCUT2D eigenvalue weighted by Crippen LogP contribution is -2.18. The Labute approximate surface area is 125 Å². The van der Waals surface area contributed by atoms with E-state index in [2.05, 4.69) is 20.7 Å². The van der Waals surface area contributed by atoms with E-state index in [1.165, 1.54) is 13.0 Å². The van der Waals surface area contributed by atoms with Crippen LogP contribution in [0.25, 0.3) is 0 Å². The number of alkyl halides is 3. The van der Waals surface area contributed by atoms with Crippen LogP contribution in [0.3, 0.4) is 0 Å². The van der Waals surface area contributed by atoms with E-state index in [-0.39, 0.29) is 11.3 Å². The zero-order valence-corrected chi connectivity index (χ0v) is 12.3. The topological polar surface area (TPSA) is 81.8 Å². The van der Waals surface area contributed by atoms with Gasteiger partial charge < -0.3 is 9.84 Å². The Morgan fingerprint density at radius 2 is 2.05 bits per heavy atom. The smallest absolute Gasteiger partial charge is 0.484 e. The van der Waals surface area contributed by atoms with Crippen molar-refractivity contribution < 1.29 is 32.7 Å². The number of nitrogens with zero attached hydrogens (tertiary/aromatic N) is 1. The van der Waals surface area contributed by atoms with Gasteiger partial charge in [0.05, 0.1) is 17.6 Å². The fourth-order valence-electron chi connectivity index (χ4n) is 1.50. The molecule has 1 aromatic rings. The van der Waals surface area contributed by atoms with Gasteiger partial charge in [-0.15, -0.1) is 13.2 Å². The lowest BCUT2D eigenvalue weighted by Gasteiger charge is -2.14. The Hall–Kier alpha value is -1.39. The van der Waals surface area contributed by atoms with Gasteiger partial charge in [-0.05, 0) is 13.0 Å². The molecule has 0 heterocycles. The predicted octanol–water partition coefficient (Wildman–Crippen LogP) is 3.33. The standard InChI is InChI=1S/C11H11BrF3NO5/c1-6(17)8-4-7(12)5-9(16(18)19)10(8)20-2-3-21-11(13,14)15/h4-6,17H,2-3H2,1H3/t6-/m1/s1. The maximum absolute atomic E-state index is 11.8. The van der Waals surface area contributed by atoms with E-state index in [4.69, 9.17) is 4.74 Å². The van der Waals surface area contributed by atoms with Crippen LogP contribution in [-0.2, 0) is 4.74 Å². The quantitative estimate of drug-likeness (QED) is 0.469. The molecule has 21 heavy (non-hydrogen) atoms. The van der Waals surface area contributed by atoms with Gasteiger partial charge in [-0.3, -0.25) is 14.9 Å². The highest BCUT2D eigenvalue weighted by molar-refractivity contribution is 9.10. The monoisotopic (exact) mass is 373 g/mol. The van der Waals surface area contributed by atoms with Crippen LogP contribution in [-0.4, -0.2) is 29.6 Å². The summed E-state index contributed by atoms with van der Waals surface area (Å²) in [5, 5.41) is 20.5. The van der Waals surface area contributed by atoms with Crippen LogP contribution >= 0.6 is 15.9 Å². The summed E-state index contributed by atoms with van der Waals surface area (Å²) in [6.07, 6.45) is -5.90. The van der Waals surface area contributed by atoms with Crippen molar-refractivity contribution in [2.75, 3.05) is 13.2 Å². The Morgan fingerprint density at radius 1 is 1.43 bits per heavy atom. The number of nitro groups is 1. The van der Waals surface area contributed by atoms with Gasteiger partial charge in [0.15, 0.2) is 0 Å². The molecule has 0 spiro atoms. The number of halogens is 4. The highest BCUT2D eigenvalue weighted by atomic mass is 79.9. The molecule has 1 atom stereocenters. The molecule has 0 saturated heterocycles. The number of aliphatic hydroxyl groups is 1. The number of hydrogen-bond acceptors (Lipinski definition) is 5. The number of rotatable bonds is 6. The van der Waals surface area contributed by atoms with Crippen molar-refractivity contribution in [1.82, 2.24) is 0 Å².